The molecule has 0 atom stereocenters. The first-order valence-corrected chi connectivity index (χ1v) is 5.96. The first-order chi connectivity index (χ1) is 9.22. The van der Waals surface area contributed by atoms with Crippen molar-refractivity contribution in [1.29, 1.82) is 0 Å². The van der Waals surface area contributed by atoms with E-state index in [2.05, 4.69) is 9.97 Å². The normalized spacial score (nSPS) is 13.9. The number of aromatic amines is 2. The number of fused-ring (bicyclic) bond motifs is 1. The molecule has 6 heteroatoms. The van der Waals surface area contributed by atoms with Gasteiger partial charge in [-0.05, 0) is 18.2 Å². The van der Waals surface area contributed by atoms with Crippen molar-refractivity contribution in [3.63, 3.8) is 0 Å². The quantitative estimate of drug-likeness (QED) is 0.797. The van der Waals surface area contributed by atoms with Gasteiger partial charge >= 0.3 is 5.69 Å². The summed E-state index contributed by atoms with van der Waals surface area (Å²) in [4.78, 5) is 27.3. The molecule has 6 nitrogen and oxygen atoms in total. The number of benzene rings is 1. The number of nitrogens with one attached hydrogen (secondary N) is 2. The Morgan fingerprint density at radius 1 is 0.947 bits per heavy atom. The molecule has 98 valence electrons. The van der Waals surface area contributed by atoms with Crippen LogP contribution in [0.15, 0.2) is 33.9 Å². The maximum Gasteiger partial charge on any atom is 0.326 e. The molecule has 19 heavy (non-hydrogen) atoms. The SMILES string of the molecule is O=c1cc(-c2ccc3c(c2)OCCCO3)[nH]c(=O)[nH]1. The molecule has 0 aliphatic carbocycles. The minimum atomic E-state index is -0.533. The molecule has 0 unspecified atom stereocenters. The number of aromatic nitrogens is 2. The van der Waals surface area contributed by atoms with Gasteiger partial charge in [0.05, 0.1) is 18.9 Å². The largest absolute Gasteiger partial charge is 0.490 e. The van der Waals surface area contributed by atoms with Crippen molar-refractivity contribution in [2.24, 2.45) is 0 Å². The van der Waals surface area contributed by atoms with Gasteiger partial charge in [0, 0.05) is 18.1 Å². The molecular weight excluding hydrogens is 248 g/mol. The third kappa shape index (κ3) is 2.37. The summed E-state index contributed by atoms with van der Waals surface area (Å²) < 4.78 is 11.1. The Bertz CT molecular complexity index is 689. The highest BCUT2D eigenvalue weighted by atomic mass is 16.5. The summed E-state index contributed by atoms with van der Waals surface area (Å²) in [5.41, 5.74) is 0.178. The molecule has 3 rings (SSSR count). The fourth-order valence-corrected chi connectivity index (χ4v) is 1.96. The van der Waals surface area contributed by atoms with Crippen LogP contribution in [0.25, 0.3) is 11.3 Å². The summed E-state index contributed by atoms with van der Waals surface area (Å²) in [7, 11) is 0. The Morgan fingerprint density at radius 3 is 2.53 bits per heavy atom. The molecule has 1 aliphatic rings. The van der Waals surface area contributed by atoms with Crippen molar-refractivity contribution < 1.29 is 9.47 Å². The van der Waals surface area contributed by atoms with E-state index in [1.54, 1.807) is 18.2 Å². The predicted octanol–water partition coefficient (Wildman–Crippen LogP) is 0.891. The minimum Gasteiger partial charge on any atom is -0.490 e. The second-order valence-electron chi connectivity index (χ2n) is 4.21. The summed E-state index contributed by atoms with van der Waals surface area (Å²) in [5, 5.41) is 0. The number of H-pyrrole nitrogens is 2. The molecule has 0 saturated heterocycles. The van der Waals surface area contributed by atoms with Gasteiger partial charge < -0.3 is 14.5 Å². The summed E-state index contributed by atoms with van der Waals surface area (Å²) in [6.45, 7) is 1.20. The Labute approximate surface area is 108 Å². The van der Waals surface area contributed by atoms with Crippen LogP contribution in [-0.2, 0) is 0 Å². The van der Waals surface area contributed by atoms with E-state index in [0.29, 0.717) is 36.0 Å². The molecule has 1 aromatic carbocycles. The van der Waals surface area contributed by atoms with Gasteiger partial charge in [0.15, 0.2) is 11.5 Å². The van der Waals surface area contributed by atoms with Crippen LogP contribution < -0.4 is 20.7 Å². The maximum atomic E-state index is 11.3. The van der Waals surface area contributed by atoms with Gasteiger partial charge in [0.1, 0.15) is 0 Å². The number of rotatable bonds is 1. The van der Waals surface area contributed by atoms with Crippen molar-refractivity contribution in [2.45, 2.75) is 6.42 Å². The van der Waals surface area contributed by atoms with E-state index in [-0.39, 0.29) is 0 Å². The van der Waals surface area contributed by atoms with Crippen molar-refractivity contribution >= 4 is 0 Å². The lowest BCUT2D eigenvalue weighted by Gasteiger charge is -2.09. The molecule has 0 amide bonds. The highest BCUT2D eigenvalue weighted by molar-refractivity contribution is 5.63. The zero-order valence-corrected chi connectivity index (χ0v) is 10.1. The lowest BCUT2D eigenvalue weighted by atomic mass is 10.1. The van der Waals surface area contributed by atoms with Crippen LogP contribution in [0, 0.1) is 0 Å². The number of hydrogen-bond acceptors (Lipinski definition) is 4. The molecule has 0 radical (unpaired) electrons. The van der Waals surface area contributed by atoms with Crippen LogP contribution >= 0.6 is 0 Å². The molecule has 0 fully saturated rings. The third-order valence-corrected chi connectivity index (χ3v) is 2.82. The van der Waals surface area contributed by atoms with E-state index in [9.17, 15) is 9.59 Å². The van der Waals surface area contributed by atoms with E-state index in [1.807, 2.05) is 0 Å². The second-order valence-corrected chi connectivity index (χ2v) is 4.21. The lowest BCUT2D eigenvalue weighted by Crippen LogP contribution is -2.21. The molecule has 2 aromatic rings. The maximum absolute atomic E-state index is 11.3. The van der Waals surface area contributed by atoms with Gasteiger partial charge in [-0.15, -0.1) is 0 Å². The molecular formula is C13H12N2O4. The van der Waals surface area contributed by atoms with Gasteiger partial charge in [-0.25, -0.2) is 4.79 Å². The summed E-state index contributed by atoms with van der Waals surface area (Å²) in [6.07, 6.45) is 0.825. The average Bonchev–Trinajstić information content (AvgIpc) is 2.61. The monoisotopic (exact) mass is 260 g/mol. The van der Waals surface area contributed by atoms with Gasteiger partial charge in [0.25, 0.3) is 5.56 Å². The van der Waals surface area contributed by atoms with Crippen LogP contribution in [0.5, 0.6) is 11.5 Å². The molecule has 0 saturated carbocycles. The van der Waals surface area contributed by atoms with E-state index >= 15 is 0 Å². The van der Waals surface area contributed by atoms with Crippen molar-refractivity contribution in [1.82, 2.24) is 9.97 Å². The van der Waals surface area contributed by atoms with Crippen LogP contribution in [0.3, 0.4) is 0 Å². The first-order valence-electron chi connectivity index (χ1n) is 5.96. The second kappa shape index (κ2) is 4.64. The summed E-state index contributed by atoms with van der Waals surface area (Å²) in [6, 6.07) is 6.64. The van der Waals surface area contributed by atoms with Crippen LogP contribution in [0.1, 0.15) is 6.42 Å². The Kier molecular flexibility index (Phi) is 2.83. The fourth-order valence-electron chi connectivity index (χ4n) is 1.96. The highest BCUT2D eigenvalue weighted by Gasteiger charge is 2.12. The smallest absolute Gasteiger partial charge is 0.326 e. The van der Waals surface area contributed by atoms with Crippen molar-refractivity contribution in [3.8, 4) is 22.8 Å². The number of ether oxygens (including phenoxy) is 2. The molecule has 2 N–H and O–H groups in total. The standard InChI is InChI=1S/C13H12N2O4/c16-12-7-9(14-13(17)15-12)8-2-3-10-11(6-8)19-5-1-4-18-10/h2-3,6-7H,1,4-5H2,(H2,14,15,16,17). The van der Waals surface area contributed by atoms with Gasteiger partial charge in [-0.1, -0.05) is 0 Å². The minimum absolute atomic E-state index is 0.439. The summed E-state index contributed by atoms with van der Waals surface area (Å²) >= 11 is 0. The Balaban J connectivity index is 2.08. The molecule has 1 aromatic heterocycles. The van der Waals surface area contributed by atoms with E-state index < -0.39 is 11.2 Å². The summed E-state index contributed by atoms with van der Waals surface area (Å²) in [5.74, 6) is 1.30. The zero-order valence-electron chi connectivity index (χ0n) is 10.1. The van der Waals surface area contributed by atoms with E-state index in [4.69, 9.17) is 9.47 Å². The van der Waals surface area contributed by atoms with Gasteiger partial charge in [-0.2, -0.15) is 0 Å². The van der Waals surface area contributed by atoms with Crippen LogP contribution in [0.2, 0.25) is 0 Å². The van der Waals surface area contributed by atoms with Gasteiger partial charge in [-0.3, -0.25) is 9.78 Å². The average molecular weight is 260 g/mol. The molecule has 2 heterocycles. The number of hydrogen-bond donors (Lipinski definition) is 2. The zero-order chi connectivity index (χ0) is 13.2. The van der Waals surface area contributed by atoms with E-state index in [0.717, 1.165) is 6.42 Å². The van der Waals surface area contributed by atoms with Crippen LogP contribution in [-0.4, -0.2) is 23.2 Å². The lowest BCUT2D eigenvalue weighted by molar-refractivity contribution is 0.297. The predicted molar refractivity (Wildman–Crippen MR) is 68.7 cm³/mol. The van der Waals surface area contributed by atoms with Crippen molar-refractivity contribution in [2.75, 3.05) is 13.2 Å². The highest BCUT2D eigenvalue weighted by Crippen LogP contribution is 2.33. The fraction of sp³-hybridized carbons (Fsp3) is 0.231. The third-order valence-electron chi connectivity index (χ3n) is 2.82. The Morgan fingerprint density at radius 2 is 1.74 bits per heavy atom. The molecule has 0 bridgehead atoms. The van der Waals surface area contributed by atoms with Crippen molar-refractivity contribution in [3.05, 3.63) is 45.1 Å². The Hall–Kier alpha value is -2.50. The van der Waals surface area contributed by atoms with Gasteiger partial charge in [0.2, 0.25) is 0 Å². The van der Waals surface area contributed by atoms with Crippen LogP contribution in [0.4, 0.5) is 0 Å². The van der Waals surface area contributed by atoms with E-state index in [1.165, 1.54) is 6.07 Å². The topological polar surface area (TPSA) is 84.2 Å². The molecule has 1 aliphatic heterocycles. The molecule has 0 spiro atoms. The first kappa shape index (κ1) is 11.6.